The van der Waals surface area contributed by atoms with Gasteiger partial charge in [0.1, 0.15) is 0 Å². The number of aromatic nitrogens is 1. The average Bonchev–Trinajstić information content (AvgIpc) is 2.44. The molecule has 15 heavy (non-hydrogen) atoms. The molecule has 0 saturated carbocycles. The van der Waals surface area contributed by atoms with E-state index in [2.05, 4.69) is 20.9 Å². The van der Waals surface area contributed by atoms with Gasteiger partial charge in [-0.05, 0) is 22.0 Å². The molecule has 0 radical (unpaired) electrons. The zero-order valence-corrected chi connectivity index (χ0v) is 10.2. The second-order valence-electron chi connectivity index (χ2n) is 3.77. The zero-order chi connectivity index (χ0) is 11.0. The van der Waals surface area contributed by atoms with E-state index < -0.39 is 0 Å². The van der Waals surface area contributed by atoms with E-state index in [0.717, 1.165) is 21.3 Å². The van der Waals surface area contributed by atoms with E-state index in [9.17, 15) is 4.79 Å². The fourth-order valence-corrected chi connectivity index (χ4v) is 1.99. The smallest absolute Gasteiger partial charge is 0.192 e. The van der Waals surface area contributed by atoms with Gasteiger partial charge in [-0.2, -0.15) is 0 Å². The van der Waals surface area contributed by atoms with Gasteiger partial charge in [0, 0.05) is 48.5 Å². The van der Waals surface area contributed by atoms with Crippen LogP contribution in [0.4, 0.5) is 0 Å². The summed E-state index contributed by atoms with van der Waals surface area (Å²) in [6.07, 6.45) is 4.22. The Balaban J connectivity index is 2.42. The Kier molecular flexibility index (Phi) is 2.61. The first-order chi connectivity index (χ1) is 7.08. The summed E-state index contributed by atoms with van der Waals surface area (Å²) >= 11 is 3.32. The third-order valence-electron chi connectivity index (χ3n) is 2.25. The van der Waals surface area contributed by atoms with Crippen LogP contribution in [0.2, 0.25) is 0 Å². The van der Waals surface area contributed by atoms with E-state index in [1.165, 1.54) is 0 Å². The number of allylic oxidation sites excluding steroid dienone is 1. The van der Waals surface area contributed by atoms with Gasteiger partial charge in [0.05, 0.1) is 5.69 Å². The second kappa shape index (κ2) is 3.77. The lowest BCUT2D eigenvalue weighted by Crippen LogP contribution is -2.06. The molecule has 0 amide bonds. The van der Waals surface area contributed by atoms with Gasteiger partial charge in [0.25, 0.3) is 0 Å². The number of nitrogens with zero attached hydrogens (tertiary/aromatic N) is 2. The topological polar surface area (TPSA) is 33.2 Å². The van der Waals surface area contributed by atoms with Crippen molar-refractivity contribution in [1.29, 1.82) is 0 Å². The van der Waals surface area contributed by atoms with E-state index in [-0.39, 0.29) is 5.78 Å². The van der Waals surface area contributed by atoms with Gasteiger partial charge in [0.2, 0.25) is 0 Å². The maximum absolute atomic E-state index is 11.9. The summed E-state index contributed by atoms with van der Waals surface area (Å²) in [6.45, 7) is 0. The molecule has 1 heterocycles. The van der Waals surface area contributed by atoms with Crippen molar-refractivity contribution in [3.63, 3.8) is 0 Å². The maximum Gasteiger partial charge on any atom is 0.192 e. The van der Waals surface area contributed by atoms with Gasteiger partial charge in [0.15, 0.2) is 5.78 Å². The Morgan fingerprint density at radius 1 is 1.53 bits per heavy atom. The van der Waals surface area contributed by atoms with E-state index in [1.54, 1.807) is 6.20 Å². The number of fused-ring (bicyclic) bond motifs is 1. The van der Waals surface area contributed by atoms with Gasteiger partial charge in [-0.25, -0.2) is 0 Å². The minimum absolute atomic E-state index is 0.0903. The van der Waals surface area contributed by atoms with Crippen LogP contribution in [0.25, 0.3) is 0 Å². The van der Waals surface area contributed by atoms with Crippen LogP contribution in [-0.4, -0.2) is 29.8 Å². The fraction of sp³-hybridized carbons (Fsp3) is 0.273. The molecule has 0 bridgehead atoms. The summed E-state index contributed by atoms with van der Waals surface area (Å²) in [5.41, 5.74) is 2.40. The highest BCUT2D eigenvalue weighted by molar-refractivity contribution is 9.10. The molecule has 0 atom stereocenters. The first-order valence-electron chi connectivity index (χ1n) is 4.64. The first kappa shape index (κ1) is 10.4. The molecular formula is C11H11BrN2O. The summed E-state index contributed by atoms with van der Waals surface area (Å²) in [5, 5.41) is 0. The summed E-state index contributed by atoms with van der Waals surface area (Å²) in [6, 6.07) is 1.83. The predicted molar refractivity (Wildman–Crippen MR) is 61.7 cm³/mol. The van der Waals surface area contributed by atoms with Crippen LogP contribution in [0.5, 0.6) is 0 Å². The van der Waals surface area contributed by atoms with Gasteiger partial charge in [-0.3, -0.25) is 9.78 Å². The summed E-state index contributed by atoms with van der Waals surface area (Å²) in [4.78, 5) is 18.1. The van der Waals surface area contributed by atoms with Gasteiger partial charge >= 0.3 is 0 Å². The lowest BCUT2D eigenvalue weighted by atomic mass is 10.2. The number of Topliss-reactive ketones (excluding diaryl/α,β-unsaturated/α-hetero) is 1. The molecule has 3 nitrogen and oxygen atoms in total. The zero-order valence-electron chi connectivity index (χ0n) is 8.62. The Bertz CT molecular complexity index is 452. The lowest BCUT2D eigenvalue weighted by molar-refractivity contribution is 0.103. The third-order valence-corrected chi connectivity index (χ3v) is 2.68. The number of halogens is 1. The summed E-state index contributed by atoms with van der Waals surface area (Å²) in [7, 11) is 3.82. The highest BCUT2D eigenvalue weighted by Gasteiger charge is 2.26. The van der Waals surface area contributed by atoms with E-state index >= 15 is 0 Å². The van der Waals surface area contributed by atoms with Crippen LogP contribution in [0, 0.1) is 0 Å². The maximum atomic E-state index is 11.9. The first-order valence-corrected chi connectivity index (χ1v) is 5.43. The molecule has 0 aromatic carbocycles. The SMILES string of the molecule is CN(C)/C=C1/Cc2ncc(Br)cc2C1=O. The van der Waals surface area contributed by atoms with Crippen molar-refractivity contribution >= 4 is 21.7 Å². The van der Waals surface area contributed by atoms with Crippen molar-refractivity contribution in [2.45, 2.75) is 6.42 Å². The molecule has 1 aromatic rings. The molecule has 0 fully saturated rings. The van der Waals surface area contributed by atoms with Crippen molar-refractivity contribution in [3.8, 4) is 0 Å². The van der Waals surface area contributed by atoms with E-state index in [0.29, 0.717) is 6.42 Å². The van der Waals surface area contributed by atoms with Crippen LogP contribution in [0.15, 0.2) is 28.5 Å². The molecule has 4 heteroatoms. The molecule has 1 aromatic heterocycles. The standard InChI is InChI=1S/C11H11BrN2O/c1-14(2)6-7-3-10-9(11(7)15)4-8(12)5-13-10/h4-6H,3H2,1-2H3/b7-6-. The van der Waals surface area contributed by atoms with Crippen LogP contribution >= 0.6 is 15.9 Å². The van der Waals surface area contributed by atoms with Gasteiger partial charge in [-0.1, -0.05) is 0 Å². The number of ketones is 1. The number of rotatable bonds is 1. The summed E-state index contributed by atoms with van der Waals surface area (Å²) in [5.74, 6) is 0.0903. The molecular weight excluding hydrogens is 256 g/mol. The average molecular weight is 267 g/mol. The Labute approximate surface area is 96.9 Å². The Hall–Kier alpha value is -1.16. The molecule has 0 unspecified atom stereocenters. The number of pyridine rings is 1. The van der Waals surface area contributed by atoms with Crippen molar-refractivity contribution in [2.24, 2.45) is 0 Å². The highest BCUT2D eigenvalue weighted by Crippen LogP contribution is 2.26. The second-order valence-corrected chi connectivity index (χ2v) is 4.69. The molecule has 0 spiro atoms. The van der Waals surface area contributed by atoms with Gasteiger partial charge < -0.3 is 4.90 Å². The van der Waals surface area contributed by atoms with Crippen molar-refractivity contribution < 1.29 is 4.79 Å². The molecule has 0 N–H and O–H groups in total. The van der Waals surface area contributed by atoms with Crippen molar-refractivity contribution in [3.05, 3.63) is 39.8 Å². The molecule has 1 aliphatic carbocycles. The van der Waals surface area contributed by atoms with Crippen LogP contribution in [0.1, 0.15) is 16.1 Å². The largest absolute Gasteiger partial charge is 0.383 e. The third kappa shape index (κ3) is 1.95. The molecule has 78 valence electrons. The monoisotopic (exact) mass is 266 g/mol. The van der Waals surface area contributed by atoms with Crippen LogP contribution < -0.4 is 0 Å². The van der Waals surface area contributed by atoms with Crippen LogP contribution in [0.3, 0.4) is 0 Å². The summed E-state index contributed by atoms with van der Waals surface area (Å²) < 4.78 is 0.848. The van der Waals surface area contributed by atoms with Crippen molar-refractivity contribution in [1.82, 2.24) is 9.88 Å². The molecule has 0 aliphatic heterocycles. The quantitative estimate of drug-likeness (QED) is 0.730. The van der Waals surface area contributed by atoms with E-state index in [1.807, 2.05) is 31.3 Å². The Morgan fingerprint density at radius 2 is 2.27 bits per heavy atom. The molecule has 2 rings (SSSR count). The lowest BCUT2D eigenvalue weighted by Gasteiger charge is -2.05. The van der Waals surface area contributed by atoms with Crippen LogP contribution in [-0.2, 0) is 6.42 Å². The number of hydrogen-bond donors (Lipinski definition) is 0. The number of carbonyl (C=O) groups excluding carboxylic acids is 1. The minimum Gasteiger partial charge on any atom is -0.383 e. The number of hydrogen-bond acceptors (Lipinski definition) is 3. The molecule has 1 aliphatic rings. The van der Waals surface area contributed by atoms with E-state index in [4.69, 9.17) is 0 Å². The fourth-order valence-electron chi connectivity index (χ4n) is 1.65. The number of carbonyl (C=O) groups is 1. The Morgan fingerprint density at radius 3 is 2.93 bits per heavy atom. The minimum atomic E-state index is 0.0903. The molecule has 0 saturated heterocycles. The van der Waals surface area contributed by atoms with Gasteiger partial charge in [-0.15, -0.1) is 0 Å². The normalized spacial score (nSPS) is 17.0. The highest BCUT2D eigenvalue weighted by atomic mass is 79.9. The predicted octanol–water partition coefficient (Wildman–Crippen LogP) is 2.03. The van der Waals surface area contributed by atoms with Crippen molar-refractivity contribution in [2.75, 3.05) is 14.1 Å².